The Bertz CT molecular complexity index is 388. The van der Waals surface area contributed by atoms with Gasteiger partial charge in [0.1, 0.15) is 5.75 Å². The molecule has 0 N–H and O–H groups in total. The van der Waals surface area contributed by atoms with Gasteiger partial charge in [-0.15, -0.1) is 0 Å². The molecule has 0 spiro atoms. The highest BCUT2D eigenvalue weighted by Crippen LogP contribution is 2.35. The van der Waals surface area contributed by atoms with Gasteiger partial charge in [0.15, 0.2) is 6.10 Å². The van der Waals surface area contributed by atoms with Gasteiger partial charge in [0.25, 0.3) is 0 Å². The first kappa shape index (κ1) is 11.5. The van der Waals surface area contributed by atoms with Crippen LogP contribution in [-0.4, -0.2) is 19.2 Å². The third kappa shape index (κ3) is 2.76. The molecule has 1 aromatic rings. The van der Waals surface area contributed by atoms with Gasteiger partial charge in [-0.05, 0) is 31.0 Å². The van der Waals surface area contributed by atoms with Crippen LogP contribution >= 0.6 is 15.9 Å². The molecule has 1 aromatic carbocycles. The summed E-state index contributed by atoms with van der Waals surface area (Å²) in [5.41, 5.74) is 0. The molecule has 1 fully saturated rings. The zero-order valence-electron chi connectivity index (χ0n) is 8.98. The second-order valence-corrected chi connectivity index (χ2v) is 4.77. The van der Waals surface area contributed by atoms with E-state index in [9.17, 15) is 4.79 Å². The van der Waals surface area contributed by atoms with E-state index in [0.29, 0.717) is 11.7 Å². The third-order valence-electron chi connectivity index (χ3n) is 2.54. The van der Waals surface area contributed by atoms with Gasteiger partial charge in [-0.2, -0.15) is 0 Å². The Hall–Kier alpha value is -1.03. The summed E-state index contributed by atoms with van der Waals surface area (Å²) < 4.78 is 11.3. The molecule has 4 heteroatoms. The SMILES string of the molecule is COC(=O)C(Oc1cccc(Br)c1)C1CC1. The number of hydrogen-bond acceptors (Lipinski definition) is 3. The third-order valence-corrected chi connectivity index (χ3v) is 3.04. The fourth-order valence-electron chi connectivity index (χ4n) is 1.54. The zero-order valence-corrected chi connectivity index (χ0v) is 10.6. The van der Waals surface area contributed by atoms with E-state index in [1.807, 2.05) is 24.3 Å². The van der Waals surface area contributed by atoms with Crippen molar-refractivity contribution in [2.24, 2.45) is 5.92 Å². The molecule has 3 nitrogen and oxygen atoms in total. The molecule has 1 aliphatic carbocycles. The van der Waals surface area contributed by atoms with Crippen molar-refractivity contribution in [3.8, 4) is 5.75 Å². The monoisotopic (exact) mass is 284 g/mol. The first-order valence-corrected chi connectivity index (χ1v) is 6.00. The van der Waals surface area contributed by atoms with Crippen LogP contribution in [0.3, 0.4) is 0 Å². The molecule has 0 aliphatic heterocycles. The Kier molecular flexibility index (Phi) is 3.49. The maximum atomic E-state index is 11.5. The second kappa shape index (κ2) is 4.87. The van der Waals surface area contributed by atoms with E-state index >= 15 is 0 Å². The minimum atomic E-state index is -0.459. The Labute approximate surface area is 103 Å². The number of benzene rings is 1. The Morgan fingerprint density at radius 1 is 1.50 bits per heavy atom. The number of carbonyl (C=O) groups is 1. The highest BCUT2D eigenvalue weighted by Gasteiger charge is 2.38. The van der Waals surface area contributed by atoms with Crippen molar-refractivity contribution >= 4 is 21.9 Å². The summed E-state index contributed by atoms with van der Waals surface area (Å²) in [5, 5.41) is 0. The number of methoxy groups -OCH3 is 1. The lowest BCUT2D eigenvalue weighted by molar-refractivity contribution is -0.149. The molecular formula is C12H13BrO3. The van der Waals surface area contributed by atoms with E-state index in [2.05, 4.69) is 15.9 Å². The number of hydrogen-bond donors (Lipinski definition) is 0. The van der Waals surface area contributed by atoms with E-state index in [-0.39, 0.29) is 5.97 Å². The fraction of sp³-hybridized carbons (Fsp3) is 0.417. The van der Waals surface area contributed by atoms with Crippen LogP contribution in [0.15, 0.2) is 28.7 Å². The molecule has 16 heavy (non-hydrogen) atoms. The molecule has 1 unspecified atom stereocenters. The van der Waals surface area contributed by atoms with Crippen LogP contribution in [0.1, 0.15) is 12.8 Å². The minimum absolute atomic E-state index is 0.289. The van der Waals surface area contributed by atoms with Crippen LogP contribution in [-0.2, 0) is 9.53 Å². The lowest BCUT2D eigenvalue weighted by Gasteiger charge is -2.16. The van der Waals surface area contributed by atoms with E-state index in [1.54, 1.807) is 0 Å². The maximum absolute atomic E-state index is 11.5. The molecule has 0 heterocycles. The average Bonchev–Trinajstić information content (AvgIpc) is 3.09. The molecule has 86 valence electrons. The predicted octanol–water partition coefficient (Wildman–Crippen LogP) is 2.78. The Balaban J connectivity index is 2.08. The fourth-order valence-corrected chi connectivity index (χ4v) is 1.92. The minimum Gasteiger partial charge on any atom is -0.478 e. The summed E-state index contributed by atoms with van der Waals surface area (Å²) >= 11 is 3.36. The molecule has 1 atom stereocenters. The average molecular weight is 285 g/mol. The predicted molar refractivity (Wildman–Crippen MR) is 63.3 cm³/mol. The maximum Gasteiger partial charge on any atom is 0.347 e. The lowest BCUT2D eigenvalue weighted by Crippen LogP contribution is -2.30. The highest BCUT2D eigenvalue weighted by atomic mass is 79.9. The van der Waals surface area contributed by atoms with Crippen LogP contribution in [0.5, 0.6) is 5.75 Å². The van der Waals surface area contributed by atoms with Crippen molar-refractivity contribution in [1.82, 2.24) is 0 Å². The van der Waals surface area contributed by atoms with Crippen molar-refractivity contribution in [1.29, 1.82) is 0 Å². The molecule has 0 amide bonds. The summed E-state index contributed by atoms with van der Waals surface area (Å²) in [6.07, 6.45) is 1.61. The Morgan fingerprint density at radius 3 is 2.81 bits per heavy atom. The molecule has 1 aliphatic rings. The van der Waals surface area contributed by atoms with Gasteiger partial charge >= 0.3 is 5.97 Å². The van der Waals surface area contributed by atoms with Gasteiger partial charge in [-0.3, -0.25) is 0 Å². The number of rotatable bonds is 4. The molecule has 0 aromatic heterocycles. The number of carbonyl (C=O) groups excluding carboxylic acids is 1. The van der Waals surface area contributed by atoms with Crippen molar-refractivity contribution < 1.29 is 14.3 Å². The van der Waals surface area contributed by atoms with E-state index in [4.69, 9.17) is 9.47 Å². The molecule has 2 rings (SSSR count). The van der Waals surface area contributed by atoms with E-state index in [0.717, 1.165) is 17.3 Å². The van der Waals surface area contributed by atoms with E-state index in [1.165, 1.54) is 7.11 Å². The summed E-state index contributed by atoms with van der Waals surface area (Å²) in [6.45, 7) is 0. The van der Waals surface area contributed by atoms with Gasteiger partial charge in [0, 0.05) is 10.4 Å². The van der Waals surface area contributed by atoms with Crippen LogP contribution < -0.4 is 4.74 Å². The van der Waals surface area contributed by atoms with Gasteiger partial charge in [0.2, 0.25) is 0 Å². The van der Waals surface area contributed by atoms with Crippen molar-refractivity contribution in [2.45, 2.75) is 18.9 Å². The molecule has 1 saturated carbocycles. The molecule has 0 radical (unpaired) electrons. The summed E-state index contributed by atoms with van der Waals surface area (Å²) in [6, 6.07) is 7.47. The first-order valence-electron chi connectivity index (χ1n) is 5.21. The number of halogens is 1. The normalized spacial score (nSPS) is 16.6. The van der Waals surface area contributed by atoms with Crippen LogP contribution in [0.25, 0.3) is 0 Å². The van der Waals surface area contributed by atoms with Crippen molar-refractivity contribution in [3.63, 3.8) is 0 Å². The van der Waals surface area contributed by atoms with Crippen LogP contribution in [0.2, 0.25) is 0 Å². The standard InChI is InChI=1S/C12H13BrO3/c1-15-12(14)11(8-5-6-8)16-10-4-2-3-9(13)7-10/h2-4,7-8,11H,5-6H2,1H3. The van der Waals surface area contributed by atoms with Gasteiger partial charge in [0.05, 0.1) is 7.11 Å². The lowest BCUT2D eigenvalue weighted by atomic mass is 10.2. The Morgan fingerprint density at radius 2 is 2.25 bits per heavy atom. The second-order valence-electron chi connectivity index (χ2n) is 3.86. The molecular weight excluding hydrogens is 272 g/mol. The molecule has 0 saturated heterocycles. The van der Waals surface area contributed by atoms with E-state index < -0.39 is 6.10 Å². The molecule has 0 bridgehead atoms. The van der Waals surface area contributed by atoms with Gasteiger partial charge in [-0.1, -0.05) is 22.0 Å². The highest BCUT2D eigenvalue weighted by molar-refractivity contribution is 9.10. The number of ether oxygens (including phenoxy) is 2. The van der Waals surface area contributed by atoms with Gasteiger partial charge < -0.3 is 9.47 Å². The van der Waals surface area contributed by atoms with Crippen LogP contribution in [0.4, 0.5) is 0 Å². The quantitative estimate of drug-likeness (QED) is 0.798. The zero-order chi connectivity index (χ0) is 11.5. The first-order chi connectivity index (χ1) is 7.70. The van der Waals surface area contributed by atoms with Crippen LogP contribution in [0, 0.1) is 5.92 Å². The summed E-state index contributed by atoms with van der Waals surface area (Å²) in [7, 11) is 1.39. The summed E-state index contributed by atoms with van der Waals surface area (Å²) in [5.74, 6) is 0.714. The topological polar surface area (TPSA) is 35.5 Å². The summed E-state index contributed by atoms with van der Waals surface area (Å²) in [4.78, 5) is 11.5. The van der Waals surface area contributed by atoms with Crippen molar-refractivity contribution in [2.75, 3.05) is 7.11 Å². The largest absolute Gasteiger partial charge is 0.478 e. The smallest absolute Gasteiger partial charge is 0.347 e. The van der Waals surface area contributed by atoms with Gasteiger partial charge in [-0.25, -0.2) is 4.79 Å². The number of esters is 1. The van der Waals surface area contributed by atoms with Crippen molar-refractivity contribution in [3.05, 3.63) is 28.7 Å².